The van der Waals surface area contributed by atoms with Crippen molar-refractivity contribution in [1.82, 2.24) is 9.55 Å². The second-order valence-corrected chi connectivity index (χ2v) is 4.24. The molecule has 84 valence electrons. The Balaban J connectivity index is 2.34. The van der Waals surface area contributed by atoms with Crippen LogP contribution in [0.1, 0.15) is 22.5 Å². The minimum atomic E-state index is 0.456. The molecule has 2 nitrogen and oxygen atoms in total. The molecule has 2 aromatic rings. The quantitative estimate of drug-likeness (QED) is 0.746. The average molecular weight is 235 g/mol. The van der Waals surface area contributed by atoms with Crippen molar-refractivity contribution in [1.29, 1.82) is 0 Å². The molecule has 1 aromatic carbocycles. The lowest BCUT2D eigenvalue weighted by molar-refractivity contribution is 0.747. The van der Waals surface area contributed by atoms with Gasteiger partial charge in [0.1, 0.15) is 5.82 Å². The van der Waals surface area contributed by atoms with Gasteiger partial charge in [0.05, 0.1) is 5.88 Å². The van der Waals surface area contributed by atoms with E-state index in [1.54, 1.807) is 6.20 Å². The summed E-state index contributed by atoms with van der Waals surface area (Å²) in [6, 6.07) is 6.36. The molecule has 16 heavy (non-hydrogen) atoms. The predicted octanol–water partition coefficient (Wildman–Crippen LogP) is 3.29. The van der Waals surface area contributed by atoms with Crippen LogP contribution in [0.3, 0.4) is 0 Å². The molecule has 1 heterocycles. The van der Waals surface area contributed by atoms with E-state index in [4.69, 9.17) is 11.6 Å². The van der Waals surface area contributed by atoms with Crippen molar-refractivity contribution in [3.05, 3.63) is 53.1 Å². The predicted molar refractivity (Wildman–Crippen MR) is 66.8 cm³/mol. The second-order valence-electron chi connectivity index (χ2n) is 3.98. The van der Waals surface area contributed by atoms with E-state index in [1.807, 2.05) is 6.20 Å². The number of hydrogen-bond donors (Lipinski definition) is 0. The molecule has 0 spiro atoms. The molecule has 0 fully saturated rings. The van der Waals surface area contributed by atoms with Gasteiger partial charge in [0.2, 0.25) is 0 Å². The first-order chi connectivity index (χ1) is 7.72. The summed E-state index contributed by atoms with van der Waals surface area (Å²) in [4.78, 5) is 4.22. The van der Waals surface area contributed by atoms with Crippen molar-refractivity contribution >= 4 is 11.6 Å². The van der Waals surface area contributed by atoms with Crippen molar-refractivity contribution < 1.29 is 0 Å². The first-order valence-corrected chi connectivity index (χ1v) is 5.87. The van der Waals surface area contributed by atoms with Crippen LogP contribution >= 0.6 is 11.6 Å². The third-order valence-corrected chi connectivity index (χ3v) is 3.13. The summed E-state index contributed by atoms with van der Waals surface area (Å²) in [6.45, 7) is 5.12. The van der Waals surface area contributed by atoms with Gasteiger partial charge >= 0.3 is 0 Å². The molecule has 0 saturated heterocycles. The number of rotatable bonds is 3. The maximum Gasteiger partial charge on any atom is 0.123 e. The van der Waals surface area contributed by atoms with E-state index in [0.717, 1.165) is 12.4 Å². The summed E-state index contributed by atoms with van der Waals surface area (Å²) < 4.78 is 2.10. The number of nitrogens with zero attached hydrogens (tertiary/aromatic N) is 2. The minimum Gasteiger partial charge on any atom is -0.329 e. The summed E-state index contributed by atoms with van der Waals surface area (Å²) in [5.41, 5.74) is 3.98. The highest BCUT2D eigenvalue weighted by Crippen LogP contribution is 2.16. The van der Waals surface area contributed by atoms with Gasteiger partial charge in [0.15, 0.2) is 0 Å². The number of aryl methyl sites for hydroxylation is 2. The van der Waals surface area contributed by atoms with E-state index in [-0.39, 0.29) is 0 Å². The first-order valence-electron chi connectivity index (χ1n) is 5.33. The second kappa shape index (κ2) is 4.71. The summed E-state index contributed by atoms with van der Waals surface area (Å²) in [7, 11) is 0. The van der Waals surface area contributed by atoms with Crippen molar-refractivity contribution in [3.8, 4) is 0 Å². The molecule has 0 aliphatic carbocycles. The van der Waals surface area contributed by atoms with E-state index in [2.05, 4.69) is 41.6 Å². The van der Waals surface area contributed by atoms with Crippen molar-refractivity contribution in [3.63, 3.8) is 0 Å². The molecular formula is C13H15ClN2. The topological polar surface area (TPSA) is 17.8 Å². The molecule has 0 unspecified atom stereocenters. The van der Waals surface area contributed by atoms with Gasteiger partial charge in [0, 0.05) is 18.9 Å². The van der Waals surface area contributed by atoms with Crippen molar-refractivity contribution in [2.45, 2.75) is 26.3 Å². The molecular weight excluding hydrogens is 220 g/mol. The van der Waals surface area contributed by atoms with Gasteiger partial charge in [-0.1, -0.05) is 18.2 Å². The number of halogens is 1. The lowest BCUT2D eigenvalue weighted by atomic mass is 10.0. The highest BCUT2D eigenvalue weighted by Gasteiger charge is 2.06. The van der Waals surface area contributed by atoms with Crippen LogP contribution in [0.4, 0.5) is 0 Å². The number of hydrogen-bond acceptors (Lipinski definition) is 1. The largest absolute Gasteiger partial charge is 0.329 e. The highest BCUT2D eigenvalue weighted by molar-refractivity contribution is 6.16. The van der Waals surface area contributed by atoms with Crippen LogP contribution in [0.2, 0.25) is 0 Å². The Hall–Kier alpha value is -1.28. The Bertz CT molecular complexity index is 468. The molecule has 0 aliphatic heterocycles. The van der Waals surface area contributed by atoms with Crippen LogP contribution in [0.25, 0.3) is 0 Å². The lowest BCUT2D eigenvalue weighted by Gasteiger charge is -2.11. The summed E-state index contributed by atoms with van der Waals surface area (Å²) in [5, 5.41) is 0. The zero-order valence-electron chi connectivity index (χ0n) is 9.57. The zero-order chi connectivity index (χ0) is 11.5. The lowest BCUT2D eigenvalue weighted by Crippen LogP contribution is -2.05. The molecule has 0 bridgehead atoms. The fourth-order valence-corrected chi connectivity index (χ4v) is 2.11. The molecule has 1 aromatic heterocycles. The monoisotopic (exact) mass is 234 g/mol. The summed E-state index contributed by atoms with van der Waals surface area (Å²) in [6.07, 6.45) is 3.77. The van der Waals surface area contributed by atoms with Gasteiger partial charge in [-0.2, -0.15) is 0 Å². The van der Waals surface area contributed by atoms with E-state index >= 15 is 0 Å². The average Bonchev–Trinajstić information content (AvgIpc) is 2.71. The number of aromatic nitrogens is 2. The summed E-state index contributed by atoms with van der Waals surface area (Å²) in [5.74, 6) is 1.38. The maximum absolute atomic E-state index is 5.84. The fourth-order valence-electron chi connectivity index (χ4n) is 1.88. The number of imidazole rings is 1. The minimum absolute atomic E-state index is 0.456. The van der Waals surface area contributed by atoms with Crippen LogP contribution in [0.5, 0.6) is 0 Å². The van der Waals surface area contributed by atoms with Gasteiger partial charge in [-0.25, -0.2) is 4.98 Å². The van der Waals surface area contributed by atoms with E-state index < -0.39 is 0 Å². The molecule has 2 rings (SSSR count). The third-order valence-electron chi connectivity index (χ3n) is 2.89. The van der Waals surface area contributed by atoms with Crippen LogP contribution in [0, 0.1) is 13.8 Å². The zero-order valence-corrected chi connectivity index (χ0v) is 10.3. The standard InChI is InChI=1S/C13H15ClN2/c1-10-4-3-5-11(2)12(10)9-16-7-6-15-13(16)8-14/h3-7H,8-9H2,1-2H3. The van der Waals surface area contributed by atoms with Crippen LogP contribution in [-0.4, -0.2) is 9.55 Å². The molecule has 0 amide bonds. The van der Waals surface area contributed by atoms with Gasteiger partial charge in [-0.05, 0) is 30.5 Å². The van der Waals surface area contributed by atoms with Crippen LogP contribution in [-0.2, 0) is 12.4 Å². The van der Waals surface area contributed by atoms with Crippen LogP contribution < -0.4 is 0 Å². The number of benzene rings is 1. The van der Waals surface area contributed by atoms with Crippen molar-refractivity contribution in [2.75, 3.05) is 0 Å². The Kier molecular flexibility index (Phi) is 3.30. The third kappa shape index (κ3) is 2.12. The van der Waals surface area contributed by atoms with E-state index in [9.17, 15) is 0 Å². The molecule has 0 saturated carbocycles. The Labute approximate surface area is 101 Å². The van der Waals surface area contributed by atoms with Gasteiger partial charge in [0.25, 0.3) is 0 Å². The first kappa shape index (κ1) is 11.2. The van der Waals surface area contributed by atoms with Gasteiger partial charge in [-0.3, -0.25) is 0 Å². The Morgan fingerprint density at radius 1 is 1.25 bits per heavy atom. The van der Waals surface area contributed by atoms with Gasteiger partial charge in [-0.15, -0.1) is 11.6 Å². The van der Waals surface area contributed by atoms with Crippen molar-refractivity contribution in [2.24, 2.45) is 0 Å². The molecule has 0 N–H and O–H groups in total. The maximum atomic E-state index is 5.84. The summed E-state index contributed by atoms with van der Waals surface area (Å²) >= 11 is 5.84. The smallest absolute Gasteiger partial charge is 0.123 e. The van der Waals surface area contributed by atoms with E-state index in [1.165, 1.54) is 16.7 Å². The Morgan fingerprint density at radius 3 is 2.56 bits per heavy atom. The molecule has 0 aliphatic rings. The normalized spacial score (nSPS) is 10.7. The highest BCUT2D eigenvalue weighted by atomic mass is 35.5. The number of alkyl halides is 1. The Morgan fingerprint density at radius 2 is 1.94 bits per heavy atom. The molecule has 3 heteroatoms. The molecule has 0 atom stereocenters. The van der Waals surface area contributed by atoms with E-state index in [0.29, 0.717) is 5.88 Å². The molecule has 0 radical (unpaired) electrons. The SMILES string of the molecule is Cc1cccc(C)c1Cn1ccnc1CCl. The van der Waals surface area contributed by atoms with Crippen LogP contribution in [0.15, 0.2) is 30.6 Å². The van der Waals surface area contributed by atoms with Gasteiger partial charge < -0.3 is 4.57 Å². The fraction of sp³-hybridized carbons (Fsp3) is 0.308.